The zero-order valence-electron chi connectivity index (χ0n) is 23.7. The predicted molar refractivity (Wildman–Crippen MR) is 158 cm³/mol. The molecule has 41 heavy (non-hydrogen) atoms. The van der Waals surface area contributed by atoms with Gasteiger partial charge in [0.05, 0.1) is 11.6 Å². The van der Waals surface area contributed by atoms with Crippen molar-refractivity contribution in [1.29, 1.82) is 0 Å². The van der Waals surface area contributed by atoms with E-state index in [1.807, 2.05) is 36.4 Å². The molecule has 2 aromatic rings. The van der Waals surface area contributed by atoms with Crippen LogP contribution in [0.4, 0.5) is 0 Å². The number of ether oxygens (including phenoxy) is 1. The molecule has 4 N–H and O–H groups in total. The van der Waals surface area contributed by atoms with Gasteiger partial charge in [0.15, 0.2) is 0 Å². The number of fused-ring (bicyclic) bond motifs is 1. The summed E-state index contributed by atoms with van der Waals surface area (Å²) < 4.78 is 6.01. The molecule has 3 atom stereocenters. The second-order valence-electron chi connectivity index (χ2n) is 11.2. The fourth-order valence-electron chi connectivity index (χ4n) is 5.11. The van der Waals surface area contributed by atoms with Crippen molar-refractivity contribution in [2.24, 2.45) is 5.92 Å². The number of amides is 3. The van der Waals surface area contributed by atoms with Gasteiger partial charge in [-0.25, -0.2) is 0 Å². The number of carbonyl (C=O) groups excluding carboxylic acids is 3. The maximum atomic E-state index is 13.7. The van der Waals surface area contributed by atoms with Gasteiger partial charge in [0.1, 0.15) is 24.4 Å². The number of nitrogens with one attached hydrogen (secondary N) is 3. The van der Waals surface area contributed by atoms with Crippen molar-refractivity contribution >= 4 is 35.4 Å². The van der Waals surface area contributed by atoms with Gasteiger partial charge >= 0.3 is 0 Å². The average molecular weight is 583 g/mol. The largest absolute Gasteiger partial charge is 0.492 e. The van der Waals surface area contributed by atoms with Crippen LogP contribution in [0.5, 0.6) is 5.75 Å². The lowest BCUT2D eigenvalue weighted by Crippen LogP contribution is -2.63. The van der Waals surface area contributed by atoms with Gasteiger partial charge in [0.2, 0.25) is 17.7 Å². The number of aliphatic hydroxyl groups is 1. The van der Waals surface area contributed by atoms with Crippen LogP contribution >= 0.6 is 11.6 Å². The predicted octanol–water partition coefficient (Wildman–Crippen LogP) is 2.56. The van der Waals surface area contributed by atoms with Crippen LogP contribution in [0.3, 0.4) is 0 Å². The molecular weight excluding hydrogens is 544 g/mol. The fraction of sp³-hybridized carbons (Fsp3) is 0.452. The van der Waals surface area contributed by atoms with Crippen LogP contribution in [-0.4, -0.2) is 78.2 Å². The number of para-hydroxylation sites is 1. The molecule has 0 aromatic heterocycles. The van der Waals surface area contributed by atoms with Crippen LogP contribution in [0.15, 0.2) is 54.6 Å². The summed E-state index contributed by atoms with van der Waals surface area (Å²) in [5, 5.41) is 20.6. The lowest BCUT2D eigenvalue weighted by molar-refractivity contribution is -0.150. The molecule has 4 rings (SSSR count). The van der Waals surface area contributed by atoms with Crippen molar-refractivity contribution in [1.82, 2.24) is 20.9 Å². The van der Waals surface area contributed by atoms with Crippen LogP contribution in [0, 0.1) is 5.92 Å². The first-order valence-corrected chi connectivity index (χ1v) is 14.4. The monoisotopic (exact) mass is 582 g/mol. The quantitative estimate of drug-likeness (QED) is 0.440. The standard InChI is InChI=1S/C31H39ClN4O5/c1-31(2,40)27-29(38)35-24(19-20-10-14-23(32)15-11-20)28(37)34-16-6-8-21-7-4-5-9-25(21)41-18-17-33-26(22-12-13-22)30(39)36(27)3/h4-11,14-15,22,24,26-27,33,40H,12-13,16-19H2,1-3H3,(H,34,37)(H,35,38)/b8-6+/t24-,26+,27-/m1/s1. The lowest BCUT2D eigenvalue weighted by atomic mass is 9.94. The summed E-state index contributed by atoms with van der Waals surface area (Å²) in [6.07, 6.45) is 5.67. The molecule has 0 spiro atoms. The van der Waals surface area contributed by atoms with Crippen molar-refractivity contribution in [3.8, 4) is 5.75 Å². The van der Waals surface area contributed by atoms with Crippen molar-refractivity contribution in [3.63, 3.8) is 0 Å². The normalized spacial score (nSPS) is 24.3. The Morgan fingerprint density at radius 3 is 2.44 bits per heavy atom. The molecule has 0 unspecified atom stereocenters. The number of likely N-dealkylation sites (N-methyl/N-ethyl adjacent to an activating group) is 1. The summed E-state index contributed by atoms with van der Waals surface area (Å²) >= 11 is 6.04. The third kappa shape index (κ3) is 8.31. The Labute approximate surface area is 246 Å². The van der Waals surface area contributed by atoms with E-state index in [0.717, 1.165) is 24.0 Å². The van der Waals surface area contributed by atoms with E-state index in [1.54, 1.807) is 24.3 Å². The molecule has 2 aliphatic rings. The topological polar surface area (TPSA) is 120 Å². The minimum absolute atomic E-state index is 0.139. The Morgan fingerprint density at radius 1 is 1.05 bits per heavy atom. The molecule has 220 valence electrons. The van der Waals surface area contributed by atoms with Crippen molar-refractivity contribution in [2.45, 2.75) is 56.8 Å². The molecule has 0 saturated heterocycles. The maximum Gasteiger partial charge on any atom is 0.246 e. The molecule has 1 heterocycles. The van der Waals surface area contributed by atoms with E-state index < -0.39 is 35.5 Å². The molecule has 2 aromatic carbocycles. The smallest absolute Gasteiger partial charge is 0.246 e. The zero-order valence-corrected chi connectivity index (χ0v) is 24.5. The summed E-state index contributed by atoms with van der Waals surface area (Å²) in [5.41, 5.74) is 0.0672. The van der Waals surface area contributed by atoms with E-state index in [1.165, 1.54) is 25.8 Å². The third-order valence-corrected chi connectivity index (χ3v) is 7.58. The van der Waals surface area contributed by atoms with Crippen LogP contribution in [0.2, 0.25) is 5.02 Å². The Hall–Kier alpha value is -3.40. The van der Waals surface area contributed by atoms with Crippen LogP contribution < -0.4 is 20.7 Å². The first-order valence-electron chi connectivity index (χ1n) is 14.0. The van der Waals surface area contributed by atoms with Crippen LogP contribution in [0.1, 0.15) is 37.8 Å². The molecule has 3 amide bonds. The fourth-order valence-corrected chi connectivity index (χ4v) is 5.24. The summed E-state index contributed by atoms with van der Waals surface area (Å²) in [7, 11) is 1.52. The number of rotatable bonds is 4. The zero-order chi connectivity index (χ0) is 29.6. The van der Waals surface area contributed by atoms with Crippen molar-refractivity contribution in [3.05, 3.63) is 70.8 Å². The van der Waals surface area contributed by atoms with E-state index in [9.17, 15) is 19.5 Å². The minimum atomic E-state index is -1.58. The summed E-state index contributed by atoms with van der Waals surface area (Å²) in [5.74, 6) is -0.479. The van der Waals surface area contributed by atoms with Gasteiger partial charge in [-0.1, -0.05) is 54.1 Å². The van der Waals surface area contributed by atoms with Crippen LogP contribution in [-0.2, 0) is 20.8 Å². The molecule has 1 fully saturated rings. The molecule has 1 saturated carbocycles. The average Bonchev–Trinajstić information content (AvgIpc) is 3.76. The maximum absolute atomic E-state index is 13.7. The van der Waals surface area contributed by atoms with Gasteiger partial charge in [-0.15, -0.1) is 0 Å². The molecule has 0 radical (unpaired) electrons. The number of carbonyl (C=O) groups is 3. The summed E-state index contributed by atoms with van der Waals surface area (Å²) in [6, 6.07) is 11.9. The second kappa shape index (κ2) is 13.5. The molecular formula is C31H39ClN4O5. The van der Waals surface area contributed by atoms with Gasteiger partial charge < -0.3 is 30.7 Å². The highest BCUT2D eigenvalue weighted by molar-refractivity contribution is 6.30. The highest BCUT2D eigenvalue weighted by Crippen LogP contribution is 2.34. The van der Waals surface area contributed by atoms with E-state index in [2.05, 4.69) is 16.0 Å². The van der Waals surface area contributed by atoms with Gasteiger partial charge in [-0.2, -0.15) is 0 Å². The molecule has 9 nitrogen and oxygen atoms in total. The molecule has 1 aliphatic heterocycles. The van der Waals surface area contributed by atoms with Crippen LogP contribution in [0.25, 0.3) is 6.08 Å². The number of halogens is 1. The Bertz CT molecular complexity index is 1260. The first-order chi connectivity index (χ1) is 19.5. The summed E-state index contributed by atoms with van der Waals surface area (Å²) in [6.45, 7) is 3.95. The highest BCUT2D eigenvalue weighted by Gasteiger charge is 2.45. The molecule has 0 bridgehead atoms. The van der Waals surface area contributed by atoms with Crippen molar-refractivity contribution < 1.29 is 24.2 Å². The Kier molecular flexibility index (Phi) is 10.1. The van der Waals surface area contributed by atoms with E-state index in [-0.39, 0.29) is 24.8 Å². The third-order valence-electron chi connectivity index (χ3n) is 7.33. The van der Waals surface area contributed by atoms with Gasteiger partial charge in [0.25, 0.3) is 0 Å². The first kappa shape index (κ1) is 30.6. The number of hydrogen-bond donors (Lipinski definition) is 4. The highest BCUT2D eigenvalue weighted by atomic mass is 35.5. The Morgan fingerprint density at radius 2 is 1.76 bits per heavy atom. The van der Waals surface area contributed by atoms with E-state index in [4.69, 9.17) is 16.3 Å². The lowest BCUT2D eigenvalue weighted by Gasteiger charge is -2.38. The number of benzene rings is 2. The van der Waals surface area contributed by atoms with Crippen molar-refractivity contribution in [2.75, 3.05) is 26.7 Å². The SMILES string of the molecule is CN1C(=O)[C@H](C2CC2)NCCOc2ccccc2/C=C/CNC(=O)[C@@H](Cc2ccc(Cl)cc2)NC(=O)[C@@H]1C(C)(C)O. The van der Waals surface area contributed by atoms with Gasteiger partial charge in [-0.3, -0.25) is 14.4 Å². The minimum Gasteiger partial charge on any atom is -0.492 e. The van der Waals surface area contributed by atoms with E-state index in [0.29, 0.717) is 23.9 Å². The molecule has 10 heteroatoms. The van der Waals surface area contributed by atoms with Gasteiger partial charge in [-0.05, 0) is 56.4 Å². The van der Waals surface area contributed by atoms with E-state index >= 15 is 0 Å². The number of nitrogens with zero attached hydrogens (tertiary/aromatic N) is 1. The Balaban J connectivity index is 1.65. The van der Waals surface area contributed by atoms with Gasteiger partial charge in [0, 0.05) is 37.1 Å². The molecule has 1 aliphatic carbocycles. The second-order valence-corrected chi connectivity index (χ2v) is 11.6. The number of hydrogen-bond acceptors (Lipinski definition) is 6. The summed E-state index contributed by atoms with van der Waals surface area (Å²) in [4.78, 5) is 42.1.